The molecule has 2 aromatic carbocycles. The Balaban J connectivity index is 2.04. The van der Waals surface area contributed by atoms with Gasteiger partial charge < -0.3 is 5.11 Å². The number of benzene rings is 2. The third-order valence-electron chi connectivity index (χ3n) is 3.60. The Morgan fingerprint density at radius 1 is 1.04 bits per heavy atom. The first-order chi connectivity index (χ1) is 10.9. The highest BCUT2D eigenvalue weighted by Crippen LogP contribution is 2.28. The van der Waals surface area contributed by atoms with Gasteiger partial charge in [-0.3, -0.25) is 4.79 Å². The third kappa shape index (κ3) is 2.80. The summed E-state index contributed by atoms with van der Waals surface area (Å²) in [6, 6.07) is 12.0. The summed E-state index contributed by atoms with van der Waals surface area (Å²) < 4.78 is 24.6. The maximum absolute atomic E-state index is 12.5. The minimum absolute atomic E-state index is 0.0587. The molecule has 0 bridgehead atoms. The minimum Gasteiger partial charge on any atom is -0.478 e. The number of hydrogen-bond acceptors (Lipinski definition) is 4. The first-order valence-corrected chi connectivity index (χ1v) is 8.44. The van der Waals surface area contributed by atoms with Gasteiger partial charge in [0.25, 0.3) is 0 Å². The van der Waals surface area contributed by atoms with E-state index in [2.05, 4.69) is 0 Å². The van der Waals surface area contributed by atoms with Gasteiger partial charge in [0.1, 0.15) is 0 Å². The van der Waals surface area contributed by atoms with Crippen LogP contribution in [0, 0.1) is 0 Å². The van der Waals surface area contributed by atoms with Gasteiger partial charge in [-0.05, 0) is 35.9 Å². The minimum atomic E-state index is -3.55. The topological polar surface area (TPSA) is 88.5 Å². The Labute approximate surface area is 132 Å². The zero-order valence-corrected chi connectivity index (χ0v) is 12.7. The Hall–Kier alpha value is -2.73. The number of sulfone groups is 1. The SMILES string of the molecule is O=C(O)c1ccc(C=C2CS(=O)(=O)c3ccccc3C2=O)cc1. The van der Waals surface area contributed by atoms with Crippen LogP contribution in [0.1, 0.15) is 26.3 Å². The van der Waals surface area contributed by atoms with Crippen molar-refractivity contribution in [2.75, 3.05) is 5.75 Å². The van der Waals surface area contributed by atoms with Crippen LogP contribution in [-0.4, -0.2) is 31.0 Å². The van der Waals surface area contributed by atoms with Crippen molar-refractivity contribution in [1.82, 2.24) is 0 Å². The molecule has 0 unspecified atom stereocenters. The summed E-state index contributed by atoms with van der Waals surface area (Å²) >= 11 is 0. The number of carbonyl (C=O) groups is 2. The average molecular weight is 328 g/mol. The maximum Gasteiger partial charge on any atom is 0.335 e. The summed E-state index contributed by atoms with van der Waals surface area (Å²) in [6.45, 7) is 0. The van der Waals surface area contributed by atoms with Crippen LogP contribution < -0.4 is 0 Å². The highest BCUT2D eigenvalue weighted by atomic mass is 32.2. The molecule has 0 spiro atoms. The average Bonchev–Trinajstić information content (AvgIpc) is 2.53. The van der Waals surface area contributed by atoms with Gasteiger partial charge in [0.05, 0.1) is 16.2 Å². The largest absolute Gasteiger partial charge is 0.478 e. The normalized spacial score (nSPS) is 17.7. The van der Waals surface area contributed by atoms with E-state index in [1.807, 2.05) is 0 Å². The van der Waals surface area contributed by atoms with Gasteiger partial charge in [0.2, 0.25) is 0 Å². The van der Waals surface area contributed by atoms with E-state index in [-0.39, 0.29) is 33.1 Å². The van der Waals surface area contributed by atoms with Crippen molar-refractivity contribution in [1.29, 1.82) is 0 Å². The van der Waals surface area contributed by atoms with Crippen LogP contribution in [0.2, 0.25) is 0 Å². The van der Waals surface area contributed by atoms with Gasteiger partial charge in [-0.2, -0.15) is 0 Å². The van der Waals surface area contributed by atoms with Crippen molar-refractivity contribution in [2.45, 2.75) is 4.90 Å². The van der Waals surface area contributed by atoms with Gasteiger partial charge in [-0.15, -0.1) is 0 Å². The summed E-state index contributed by atoms with van der Waals surface area (Å²) in [5.41, 5.74) is 1.05. The van der Waals surface area contributed by atoms with Crippen LogP contribution >= 0.6 is 0 Å². The molecule has 2 aromatic rings. The molecule has 1 aliphatic heterocycles. The number of ketones is 1. The highest BCUT2D eigenvalue weighted by molar-refractivity contribution is 7.91. The van der Waals surface area contributed by atoms with Gasteiger partial charge in [-0.1, -0.05) is 24.3 Å². The van der Waals surface area contributed by atoms with Crippen LogP contribution in [0.3, 0.4) is 0 Å². The van der Waals surface area contributed by atoms with Gasteiger partial charge in [0.15, 0.2) is 15.6 Å². The van der Waals surface area contributed by atoms with E-state index >= 15 is 0 Å². The van der Waals surface area contributed by atoms with Gasteiger partial charge in [-0.25, -0.2) is 13.2 Å². The van der Waals surface area contributed by atoms with Crippen molar-refractivity contribution >= 4 is 27.7 Å². The molecule has 0 aliphatic carbocycles. The molecule has 116 valence electrons. The molecule has 0 amide bonds. The molecule has 1 heterocycles. The number of rotatable bonds is 2. The molecular weight excluding hydrogens is 316 g/mol. The number of Topliss-reactive ketones (excluding diaryl/α,β-unsaturated/α-hetero) is 1. The fourth-order valence-corrected chi connectivity index (χ4v) is 4.04. The number of carboxylic acid groups (broad SMARTS) is 1. The molecule has 1 aliphatic rings. The van der Waals surface area contributed by atoms with Crippen molar-refractivity contribution in [3.8, 4) is 0 Å². The molecule has 23 heavy (non-hydrogen) atoms. The molecule has 0 atom stereocenters. The monoisotopic (exact) mass is 328 g/mol. The summed E-state index contributed by atoms with van der Waals surface area (Å²) in [4.78, 5) is 23.3. The number of fused-ring (bicyclic) bond motifs is 1. The predicted molar refractivity (Wildman–Crippen MR) is 84.2 cm³/mol. The number of hydrogen-bond donors (Lipinski definition) is 1. The molecule has 6 heteroatoms. The second-order valence-electron chi connectivity index (χ2n) is 5.18. The molecule has 5 nitrogen and oxygen atoms in total. The van der Waals surface area contributed by atoms with E-state index in [0.29, 0.717) is 5.56 Å². The second kappa shape index (κ2) is 5.48. The molecule has 0 aromatic heterocycles. The van der Waals surface area contributed by atoms with E-state index in [1.165, 1.54) is 42.5 Å². The fourth-order valence-electron chi connectivity index (χ4n) is 2.48. The smallest absolute Gasteiger partial charge is 0.335 e. The third-order valence-corrected chi connectivity index (χ3v) is 5.32. The molecule has 3 rings (SSSR count). The van der Waals surface area contributed by atoms with E-state index in [4.69, 9.17) is 5.11 Å². The molecule has 0 saturated heterocycles. The quantitative estimate of drug-likeness (QED) is 0.855. The summed E-state index contributed by atoms with van der Waals surface area (Å²) in [5, 5.41) is 8.87. The molecular formula is C17H12O5S. The number of aromatic carboxylic acids is 1. The molecule has 1 N–H and O–H groups in total. The van der Waals surface area contributed by atoms with Gasteiger partial charge in [0, 0.05) is 11.1 Å². The van der Waals surface area contributed by atoms with Crippen LogP contribution in [0.25, 0.3) is 6.08 Å². The molecule has 0 fully saturated rings. The molecule has 0 radical (unpaired) electrons. The number of carbonyl (C=O) groups excluding carboxylic acids is 1. The van der Waals surface area contributed by atoms with Crippen LogP contribution in [0.5, 0.6) is 0 Å². The Morgan fingerprint density at radius 2 is 1.70 bits per heavy atom. The van der Waals surface area contributed by atoms with Crippen LogP contribution in [0.4, 0.5) is 0 Å². The summed E-state index contributed by atoms with van der Waals surface area (Å²) in [6.07, 6.45) is 1.49. The van der Waals surface area contributed by atoms with E-state index in [0.717, 1.165) is 0 Å². The standard InChI is InChI=1S/C17H12O5S/c18-16-13(9-11-5-7-12(8-6-11)17(19)20)10-23(21,22)15-4-2-1-3-14(15)16/h1-9H,10H2,(H,19,20). The molecule has 0 saturated carbocycles. The zero-order chi connectivity index (χ0) is 16.6. The Bertz CT molecular complexity index is 937. The van der Waals surface area contributed by atoms with Crippen LogP contribution in [-0.2, 0) is 9.84 Å². The van der Waals surface area contributed by atoms with Gasteiger partial charge >= 0.3 is 5.97 Å². The zero-order valence-electron chi connectivity index (χ0n) is 11.9. The van der Waals surface area contributed by atoms with Crippen molar-refractivity contribution in [3.05, 3.63) is 70.8 Å². The van der Waals surface area contributed by atoms with Crippen molar-refractivity contribution in [2.24, 2.45) is 0 Å². The number of carboxylic acids is 1. The summed E-state index contributed by atoms with van der Waals surface area (Å²) in [5.74, 6) is -1.73. The van der Waals surface area contributed by atoms with Crippen molar-refractivity contribution < 1.29 is 23.1 Å². The maximum atomic E-state index is 12.5. The Kier molecular flexibility index (Phi) is 3.61. The highest BCUT2D eigenvalue weighted by Gasteiger charge is 2.32. The van der Waals surface area contributed by atoms with Crippen molar-refractivity contribution in [3.63, 3.8) is 0 Å². The Morgan fingerprint density at radius 3 is 2.35 bits per heavy atom. The summed E-state index contributed by atoms with van der Waals surface area (Å²) in [7, 11) is -3.55. The van der Waals surface area contributed by atoms with Crippen LogP contribution in [0.15, 0.2) is 59.0 Å². The lowest BCUT2D eigenvalue weighted by molar-refractivity contribution is 0.0696. The first kappa shape index (κ1) is 15.2. The lowest BCUT2D eigenvalue weighted by Gasteiger charge is -2.17. The second-order valence-corrected chi connectivity index (χ2v) is 7.14. The van der Waals surface area contributed by atoms with E-state index in [9.17, 15) is 18.0 Å². The lowest BCUT2D eigenvalue weighted by atomic mass is 10.0. The fraction of sp³-hybridized carbons (Fsp3) is 0.0588. The van der Waals surface area contributed by atoms with E-state index in [1.54, 1.807) is 12.1 Å². The lowest BCUT2D eigenvalue weighted by Crippen LogP contribution is -2.24. The van der Waals surface area contributed by atoms with E-state index < -0.39 is 15.8 Å². The predicted octanol–water partition coefficient (Wildman–Crippen LogP) is 2.44. The first-order valence-electron chi connectivity index (χ1n) is 6.79.